The molecule has 7 heteroatoms. The van der Waals surface area contributed by atoms with E-state index in [9.17, 15) is 0 Å². The summed E-state index contributed by atoms with van der Waals surface area (Å²) < 4.78 is 16.4. The van der Waals surface area contributed by atoms with Gasteiger partial charge in [-0.05, 0) is 30.5 Å². The monoisotopic (exact) mass is 388 g/mol. The minimum Gasteiger partial charge on any atom is -0.454 e. The smallest absolute Gasteiger partial charge is 0.231 e. The molecule has 0 aromatic heterocycles. The van der Waals surface area contributed by atoms with Crippen LogP contribution in [-0.4, -0.2) is 63.1 Å². The Bertz CT molecular complexity index is 682. The van der Waals surface area contributed by atoms with Gasteiger partial charge < -0.3 is 24.8 Å². The number of aliphatic imine (C=N–C) groups is 1. The third kappa shape index (κ3) is 4.36. The predicted molar refractivity (Wildman–Crippen MR) is 109 cm³/mol. The second kappa shape index (κ2) is 9.01. The zero-order chi connectivity index (χ0) is 19.2. The molecule has 28 heavy (non-hydrogen) atoms. The number of hydrogen-bond acceptors (Lipinski definition) is 5. The van der Waals surface area contributed by atoms with Crippen LogP contribution in [0.4, 0.5) is 0 Å². The van der Waals surface area contributed by atoms with Gasteiger partial charge in [0.2, 0.25) is 6.79 Å². The molecule has 0 unspecified atom stereocenters. The molecule has 2 heterocycles. The first-order chi connectivity index (χ1) is 13.8. The summed E-state index contributed by atoms with van der Waals surface area (Å²) in [4.78, 5) is 7.08. The Kier molecular flexibility index (Phi) is 6.22. The van der Waals surface area contributed by atoms with Crippen molar-refractivity contribution in [2.75, 3.05) is 46.7 Å². The van der Waals surface area contributed by atoms with Gasteiger partial charge in [-0.25, -0.2) is 0 Å². The number of hydrogen-bond donors (Lipinski definition) is 2. The van der Waals surface area contributed by atoms with Crippen molar-refractivity contribution in [3.8, 4) is 11.5 Å². The van der Waals surface area contributed by atoms with Gasteiger partial charge in [-0.1, -0.05) is 25.3 Å². The fraction of sp³-hybridized carbons (Fsp3) is 0.667. The van der Waals surface area contributed by atoms with Crippen LogP contribution in [0.15, 0.2) is 23.2 Å². The van der Waals surface area contributed by atoms with E-state index < -0.39 is 0 Å². The van der Waals surface area contributed by atoms with Gasteiger partial charge in [0, 0.05) is 38.8 Å². The van der Waals surface area contributed by atoms with E-state index in [-0.39, 0.29) is 5.54 Å². The molecule has 2 aliphatic heterocycles. The predicted octanol–water partition coefficient (Wildman–Crippen LogP) is 2.12. The van der Waals surface area contributed by atoms with Gasteiger partial charge in [0.15, 0.2) is 17.5 Å². The zero-order valence-electron chi connectivity index (χ0n) is 16.8. The first-order valence-electron chi connectivity index (χ1n) is 10.4. The molecule has 4 rings (SSSR count). The third-order valence-corrected chi connectivity index (χ3v) is 6.17. The highest BCUT2D eigenvalue weighted by Gasteiger charge is 2.38. The largest absolute Gasteiger partial charge is 0.454 e. The van der Waals surface area contributed by atoms with Crippen molar-refractivity contribution in [1.29, 1.82) is 0 Å². The highest BCUT2D eigenvalue weighted by Crippen LogP contribution is 2.34. The maximum absolute atomic E-state index is 5.58. The van der Waals surface area contributed by atoms with Gasteiger partial charge in [0.1, 0.15) is 0 Å². The molecule has 2 N–H and O–H groups in total. The quantitative estimate of drug-likeness (QED) is 0.595. The van der Waals surface area contributed by atoms with Gasteiger partial charge >= 0.3 is 0 Å². The van der Waals surface area contributed by atoms with Crippen LogP contribution in [0, 0.1) is 0 Å². The Balaban J connectivity index is 1.34. The van der Waals surface area contributed by atoms with E-state index >= 15 is 0 Å². The first-order valence-corrected chi connectivity index (χ1v) is 10.4. The Labute approximate surface area is 167 Å². The maximum Gasteiger partial charge on any atom is 0.231 e. The van der Waals surface area contributed by atoms with Crippen LogP contribution in [0.1, 0.15) is 37.7 Å². The molecule has 0 radical (unpaired) electrons. The zero-order valence-corrected chi connectivity index (χ0v) is 16.8. The fourth-order valence-electron chi connectivity index (χ4n) is 4.56. The standard InChI is InChI=1S/C21H32N4O3/c1-22-20(23-14-17-5-6-18-19(13-17)28-16-27-18)24-15-21(7-3-2-4-8-21)25-9-11-26-12-10-25/h5-6,13H,2-4,7-12,14-16H2,1H3,(H2,22,23,24). The lowest BCUT2D eigenvalue weighted by Crippen LogP contribution is -2.60. The average molecular weight is 389 g/mol. The fourth-order valence-corrected chi connectivity index (χ4v) is 4.56. The number of benzene rings is 1. The molecule has 1 aromatic carbocycles. The minimum atomic E-state index is 0.221. The third-order valence-electron chi connectivity index (χ3n) is 6.17. The minimum absolute atomic E-state index is 0.221. The molecule has 1 aliphatic carbocycles. The van der Waals surface area contributed by atoms with Gasteiger partial charge in [-0.15, -0.1) is 0 Å². The molecule has 7 nitrogen and oxygen atoms in total. The highest BCUT2D eigenvalue weighted by molar-refractivity contribution is 5.79. The maximum atomic E-state index is 5.58. The molecule has 0 amide bonds. The summed E-state index contributed by atoms with van der Waals surface area (Å²) >= 11 is 0. The number of guanidine groups is 1. The van der Waals surface area contributed by atoms with E-state index in [4.69, 9.17) is 14.2 Å². The molecule has 0 spiro atoms. The normalized spacial score (nSPS) is 22.1. The summed E-state index contributed by atoms with van der Waals surface area (Å²) in [5.41, 5.74) is 1.37. The van der Waals surface area contributed by atoms with Crippen molar-refractivity contribution in [3.63, 3.8) is 0 Å². The topological polar surface area (TPSA) is 67.4 Å². The van der Waals surface area contributed by atoms with Crippen LogP contribution >= 0.6 is 0 Å². The molecule has 1 saturated carbocycles. The molecule has 154 valence electrons. The van der Waals surface area contributed by atoms with E-state index in [2.05, 4.69) is 26.6 Å². The SMILES string of the molecule is CN=C(NCc1ccc2c(c1)OCO2)NCC1(N2CCOCC2)CCCCC1. The van der Waals surface area contributed by atoms with Crippen LogP contribution in [0.3, 0.4) is 0 Å². The molecule has 3 aliphatic rings. The average Bonchev–Trinajstić information content (AvgIpc) is 3.23. The number of morpholine rings is 1. The lowest BCUT2D eigenvalue weighted by atomic mass is 9.80. The van der Waals surface area contributed by atoms with Gasteiger partial charge in [-0.3, -0.25) is 9.89 Å². The molecule has 2 fully saturated rings. The van der Waals surface area contributed by atoms with Gasteiger partial charge in [-0.2, -0.15) is 0 Å². The first kappa shape index (κ1) is 19.3. The second-order valence-corrected chi connectivity index (χ2v) is 7.85. The number of fused-ring (bicyclic) bond motifs is 1. The Morgan fingerprint density at radius 2 is 1.86 bits per heavy atom. The van der Waals surface area contributed by atoms with Crippen molar-refractivity contribution in [2.24, 2.45) is 4.99 Å². The van der Waals surface area contributed by atoms with Crippen LogP contribution in [-0.2, 0) is 11.3 Å². The van der Waals surface area contributed by atoms with Gasteiger partial charge in [0.25, 0.3) is 0 Å². The van der Waals surface area contributed by atoms with Crippen molar-refractivity contribution < 1.29 is 14.2 Å². The molecule has 1 aromatic rings. The molecular weight excluding hydrogens is 356 g/mol. The molecular formula is C21H32N4O3. The summed E-state index contributed by atoms with van der Waals surface area (Å²) in [6.07, 6.45) is 6.46. The van der Waals surface area contributed by atoms with Crippen molar-refractivity contribution in [2.45, 2.75) is 44.2 Å². The van der Waals surface area contributed by atoms with E-state index in [0.717, 1.165) is 55.9 Å². The summed E-state index contributed by atoms with van der Waals surface area (Å²) in [6, 6.07) is 6.05. The second-order valence-electron chi connectivity index (χ2n) is 7.85. The lowest BCUT2D eigenvalue weighted by Gasteiger charge is -2.48. The molecule has 0 bridgehead atoms. The van der Waals surface area contributed by atoms with Gasteiger partial charge in [0.05, 0.1) is 13.2 Å². The van der Waals surface area contributed by atoms with Crippen LogP contribution in [0.5, 0.6) is 11.5 Å². The summed E-state index contributed by atoms with van der Waals surface area (Å²) in [7, 11) is 1.83. The highest BCUT2D eigenvalue weighted by atomic mass is 16.7. The van der Waals surface area contributed by atoms with E-state index in [1.54, 1.807) is 0 Å². The van der Waals surface area contributed by atoms with Crippen molar-refractivity contribution in [1.82, 2.24) is 15.5 Å². The molecule has 0 atom stereocenters. The summed E-state index contributed by atoms with van der Waals surface area (Å²) in [5, 5.41) is 7.04. The van der Waals surface area contributed by atoms with E-state index in [1.165, 1.54) is 32.1 Å². The number of nitrogens with zero attached hydrogens (tertiary/aromatic N) is 2. The van der Waals surface area contributed by atoms with Crippen LogP contribution in [0.2, 0.25) is 0 Å². The summed E-state index contributed by atoms with van der Waals surface area (Å²) in [5.74, 6) is 2.47. The van der Waals surface area contributed by atoms with E-state index in [0.29, 0.717) is 13.3 Å². The lowest BCUT2D eigenvalue weighted by molar-refractivity contribution is -0.0352. The van der Waals surface area contributed by atoms with Crippen LogP contribution in [0.25, 0.3) is 0 Å². The van der Waals surface area contributed by atoms with Crippen molar-refractivity contribution in [3.05, 3.63) is 23.8 Å². The number of rotatable bonds is 5. The number of nitrogens with one attached hydrogen (secondary N) is 2. The van der Waals surface area contributed by atoms with Crippen molar-refractivity contribution >= 4 is 5.96 Å². The van der Waals surface area contributed by atoms with E-state index in [1.807, 2.05) is 19.2 Å². The number of ether oxygens (including phenoxy) is 3. The van der Waals surface area contributed by atoms with Crippen LogP contribution < -0.4 is 20.1 Å². The molecule has 1 saturated heterocycles. The summed E-state index contributed by atoms with van der Waals surface area (Å²) in [6.45, 7) is 5.68. The Hall–Kier alpha value is -1.99. The Morgan fingerprint density at radius 3 is 2.64 bits per heavy atom. The Morgan fingerprint density at radius 1 is 1.07 bits per heavy atom.